The highest BCUT2D eigenvalue weighted by molar-refractivity contribution is 4.95. The molecular formula is C15H31N. The lowest BCUT2D eigenvalue weighted by atomic mass is 9.81. The summed E-state index contributed by atoms with van der Waals surface area (Å²) in [6, 6.07) is 0.443. The van der Waals surface area contributed by atoms with Crippen molar-refractivity contribution in [2.24, 2.45) is 11.8 Å². The minimum atomic E-state index is 0.239. The summed E-state index contributed by atoms with van der Waals surface area (Å²) in [5.74, 6) is 1.42. The second-order valence-corrected chi connectivity index (χ2v) is 5.70. The zero-order valence-electron chi connectivity index (χ0n) is 12.1. The lowest BCUT2D eigenvalue weighted by Crippen LogP contribution is -2.51. The Morgan fingerprint density at radius 2 is 1.81 bits per heavy atom. The number of nitrogens with one attached hydrogen (secondary N) is 1. The minimum Gasteiger partial charge on any atom is -0.305 e. The highest BCUT2D eigenvalue weighted by Crippen LogP contribution is 2.25. The summed E-state index contributed by atoms with van der Waals surface area (Å²) in [5, 5.41) is 3.79. The van der Waals surface area contributed by atoms with Crippen LogP contribution in [0.4, 0.5) is 0 Å². The van der Waals surface area contributed by atoms with E-state index in [9.17, 15) is 0 Å². The van der Waals surface area contributed by atoms with Crippen LogP contribution in [0.1, 0.15) is 60.8 Å². The molecule has 3 atom stereocenters. The molecule has 0 spiro atoms. The fourth-order valence-corrected chi connectivity index (χ4v) is 2.19. The highest BCUT2D eigenvalue weighted by Gasteiger charge is 2.29. The molecule has 0 saturated carbocycles. The molecule has 0 rings (SSSR count). The van der Waals surface area contributed by atoms with Crippen LogP contribution in [0.5, 0.6) is 0 Å². The Kier molecular flexibility index (Phi) is 6.98. The molecule has 0 aromatic carbocycles. The number of rotatable bonds is 8. The quantitative estimate of drug-likeness (QED) is 0.604. The third-order valence-electron chi connectivity index (χ3n) is 3.96. The van der Waals surface area contributed by atoms with E-state index >= 15 is 0 Å². The van der Waals surface area contributed by atoms with Crippen LogP contribution in [-0.4, -0.2) is 11.6 Å². The molecule has 0 aliphatic rings. The first-order valence-electron chi connectivity index (χ1n) is 6.79. The van der Waals surface area contributed by atoms with E-state index in [1.807, 2.05) is 0 Å². The van der Waals surface area contributed by atoms with Gasteiger partial charge in [0.2, 0.25) is 0 Å². The van der Waals surface area contributed by atoms with Crippen LogP contribution in [0.3, 0.4) is 0 Å². The maximum atomic E-state index is 3.96. The van der Waals surface area contributed by atoms with Gasteiger partial charge in [-0.3, -0.25) is 0 Å². The SMILES string of the molecule is C=CC(CC(C)C)NC(C)(CC)C(C)CC. The summed E-state index contributed by atoms with van der Waals surface area (Å²) in [6.45, 7) is 17.7. The second-order valence-electron chi connectivity index (χ2n) is 5.70. The molecule has 0 heterocycles. The van der Waals surface area contributed by atoms with Gasteiger partial charge in [-0.15, -0.1) is 6.58 Å². The summed E-state index contributed by atoms with van der Waals surface area (Å²) >= 11 is 0. The maximum Gasteiger partial charge on any atom is 0.0255 e. The van der Waals surface area contributed by atoms with Crippen molar-refractivity contribution in [2.75, 3.05) is 0 Å². The Labute approximate surface area is 103 Å². The Morgan fingerprint density at radius 1 is 1.25 bits per heavy atom. The molecule has 3 unspecified atom stereocenters. The predicted molar refractivity (Wildman–Crippen MR) is 74.7 cm³/mol. The van der Waals surface area contributed by atoms with Crippen LogP contribution in [-0.2, 0) is 0 Å². The van der Waals surface area contributed by atoms with Crippen LogP contribution in [0, 0.1) is 11.8 Å². The van der Waals surface area contributed by atoms with Gasteiger partial charge >= 0.3 is 0 Å². The third kappa shape index (κ3) is 4.69. The largest absolute Gasteiger partial charge is 0.305 e. The first-order chi connectivity index (χ1) is 7.39. The highest BCUT2D eigenvalue weighted by atomic mass is 15.0. The van der Waals surface area contributed by atoms with E-state index in [4.69, 9.17) is 0 Å². The Morgan fingerprint density at radius 3 is 2.12 bits per heavy atom. The van der Waals surface area contributed by atoms with Crippen LogP contribution >= 0.6 is 0 Å². The molecule has 0 amide bonds. The summed E-state index contributed by atoms with van der Waals surface area (Å²) in [6.07, 6.45) is 5.64. The van der Waals surface area contributed by atoms with Gasteiger partial charge in [0.05, 0.1) is 0 Å². The third-order valence-corrected chi connectivity index (χ3v) is 3.96. The molecule has 0 aliphatic carbocycles. The lowest BCUT2D eigenvalue weighted by molar-refractivity contribution is 0.208. The molecule has 0 bridgehead atoms. The monoisotopic (exact) mass is 225 g/mol. The van der Waals surface area contributed by atoms with Gasteiger partial charge in [0.25, 0.3) is 0 Å². The van der Waals surface area contributed by atoms with Crippen molar-refractivity contribution >= 4 is 0 Å². The fraction of sp³-hybridized carbons (Fsp3) is 0.867. The summed E-state index contributed by atoms with van der Waals surface area (Å²) in [5.41, 5.74) is 0.239. The van der Waals surface area contributed by atoms with Crippen molar-refractivity contribution in [3.05, 3.63) is 12.7 Å². The molecule has 1 N–H and O–H groups in total. The van der Waals surface area contributed by atoms with E-state index in [2.05, 4.69) is 59.5 Å². The van der Waals surface area contributed by atoms with Crippen LogP contribution in [0.25, 0.3) is 0 Å². The van der Waals surface area contributed by atoms with Crippen molar-refractivity contribution in [3.63, 3.8) is 0 Å². The Hall–Kier alpha value is -0.300. The normalized spacial score (nSPS) is 19.2. The maximum absolute atomic E-state index is 3.96. The van der Waals surface area contributed by atoms with Gasteiger partial charge in [0.15, 0.2) is 0 Å². The van der Waals surface area contributed by atoms with Gasteiger partial charge in [0.1, 0.15) is 0 Å². The van der Waals surface area contributed by atoms with E-state index in [-0.39, 0.29) is 5.54 Å². The van der Waals surface area contributed by atoms with E-state index < -0.39 is 0 Å². The molecule has 0 fully saturated rings. The van der Waals surface area contributed by atoms with E-state index in [1.165, 1.54) is 19.3 Å². The average molecular weight is 225 g/mol. The van der Waals surface area contributed by atoms with Gasteiger partial charge < -0.3 is 5.32 Å². The van der Waals surface area contributed by atoms with Crippen molar-refractivity contribution < 1.29 is 0 Å². The van der Waals surface area contributed by atoms with Gasteiger partial charge in [0, 0.05) is 11.6 Å². The van der Waals surface area contributed by atoms with Crippen LogP contribution in [0.2, 0.25) is 0 Å². The second kappa shape index (κ2) is 7.11. The van der Waals surface area contributed by atoms with E-state index in [0.29, 0.717) is 17.9 Å². The molecule has 1 nitrogen and oxygen atoms in total. The molecule has 96 valence electrons. The standard InChI is InChI=1S/C15H31N/c1-8-13(6)15(7,10-3)16-14(9-2)11-12(4)5/h9,12-14,16H,2,8,10-11H2,1,3-7H3. The minimum absolute atomic E-state index is 0.239. The average Bonchev–Trinajstić information content (AvgIpc) is 2.26. The van der Waals surface area contributed by atoms with Crippen molar-refractivity contribution in [1.29, 1.82) is 0 Å². The molecule has 0 saturated heterocycles. The fourth-order valence-electron chi connectivity index (χ4n) is 2.19. The Balaban J connectivity index is 4.54. The summed E-state index contributed by atoms with van der Waals surface area (Å²) < 4.78 is 0. The smallest absolute Gasteiger partial charge is 0.0255 e. The van der Waals surface area contributed by atoms with E-state index in [0.717, 1.165) is 0 Å². The van der Waals surface area contributed by atoms with Gasteiger partial charge in [-0.05, 0) is 31.6 Å². The molecular weight excluding hydrogens is 194 g/mol. The zero-order valence-corrected chi connectivity index (χ0v) is 12.1. The molecule has 0 aromatic rings. The predicted octanol–water partition coefficient (Wildman–Crippen LogP) is 4.39. The van der Waals surface area contributed by atoms with Crippen molar-refractivity contribution in [3.8, 4) is 0 Å². The molecule has 0 aromatic heterocycles. The first kappa shape index (κ1) is 15.7. The van der Waals surface area contributed by atoms with Crippen molar-refractivity contribution in [2.45, 2.75) is 72.4 Å². The first-order valence-corrected chi connectivity index (χ1v) is 6.79. The van der Waals surface area contributed by atoms with Crippen molar-refractivity contribution in [1.82, 2.24) is 5.32 Å². The molecule has 1 heteroatoms. The summed E-state index contributed by atoms with van der Waals surface area (Å²) in [4.78, 5) is 0. The zero-order chi connectivity index (χ0) is 12.8. The topological polar surface area (TPSA) is 12.0 Å². The van der Waals surface area contributed by atoms with Crippen LogP contribution in [0.15, 0.2) is 12.7 Å². The van der Waals surface area contributed by atoms with E-state index in [1.54, 1.807) is 0 Å². The van der Waals surface area contributed by atoms with Gasteiger partial charge in [-0.2, -0.15) is 0 Å². The van der Waals surface area contributed by atoms with Crippen LogP contribution < -0.4 is 5.32 Å². The van der Waals surface area contributed by atoms with Gasteiger partial charge in [-0.25, -0.2) is 0 Å². The lowest BCUT2D eigenvalue weighted by Gasteiger charge is -2.39. The number of hydrogen-bond acceptors (Lipinski definition) is 1. The summed E-state index contributed by atoms with van der Waals surface area (Å²) in [7, 11) is 0. The molecule has 16 heavy (non-hydrogen) atoms. The molecule has 0 radical (unpaired) electrons. The van der Waals surface area contributed by atoms with Gasteiger partial charge in [-0.1, -0.05) is 47.1 Å². The number of hydrogen-bond donors (Lipinski definition) is 1. The Bertz CT molecular complexity index is 198. The molecule has 0 aliphatic heterocycles.